The molecule has 0 amide bonds. The summed E-state index contributed by atoms with van der Waals surface area (Å²) < 4.78 is 12.1. The number of nitrogens with zero attached hydrogens (tertiary/aromatic N) is 3. The van der Waals surface area contributed by atoms with Crippen LogP contribution in [-0.2, 0) is 13.5 Å². The first kappa shape index (κ1) is 13.4. The van der Waals surface area contributed by atoms with Crippen LogP contribution in [0.1, 0.15) is 17.5 Å². The smallest absolute Gasteiger partial charge is 0.138 e. The predicted molar refractivity (Wildman–Crippen MR) is 69.2 cm³/mol. The van der Waals surface area contributed by atoms with Crippen molar-refractivity contribution >= 4 is 0 Å². The van der Waals surface area contributed by atoms with Gasteiger partial charge in [0.2, 0.25) is 0 Å². The Hall–Kier alpha value is -2.08. The zero-order valence-electron chi connectivity index (χ0n) is 11.2. The van der Waals surface area contributed by atoms with E-state index in [0.29, 0.717) is 29.3 Å². The highest BCUT2D eigenvalue weighted by Gasteiger charge is 2.17. The van der Waals surface area contributed by atoms with E-state index in [1.165, 1.54) is 6.33 Å². The second-order valence-electron chi connectivity index (χ2n) is 4.13. The Morgan fingerprint density at radius 3 is 2.68 bits per heavy atom. The first-order valence-electron chi connectivity index (χ1n) is 5.88. The number of aliphatic hydroxyl groups is 1. The maximum Gasteiger partial charge on any atom is 0.138 e. The molecule has 0 aliphatic rings. The van der Waals surface area contributed by atoms with Crippen molar-refractivity contribution in [3.8, 4) is 11.5 Å². The van der Waals surface area contributed by atoms with Gasteiger partial charge in [-0.3, -0.25) is 4.68 Å². The molecule has 1 aromatic carbocycles. The largest absolute Gasteiger partial charge is 0.497 e. The van der Waals surface area contributed by atoms with Gasteiger partial charge in [-0.15, -0.1) is 0 Å². The second kappa shape index (κ2) is 5.71. The van der Waals surface area contributed by atoms with Gasteiger partial charge in [-0.25, -0.2) is 4.98 Å². The van der Waals surface area contributed by atoms with Crippen LogP contribution >= 0.6 is 0 Å². The van der Waals surface area contributed by atoms with E-state index in [4.69, 9.17) is 9.47 Å². The van der Waals surface area contributed by atoms with Crippen molar-refractivity contribution in [2.75, 3.05) is 14.2 Å². The maximum atomic E-state index is 10.3. The van der Waals surface area contributed by atoms with E-state index < -0.39 is 6.10 Å². The van der Waals surface area contributed by atoms with E-state index >= 15 is 0 Å². The summed E-state index contributed by atoms with van der Waals surface area (Å²) >= 11 is 0. The second-order valence-corrected chi connectivity index (χ2v) is 4.13. The quantitative estimate of drug-likeness (QED) is 0.875. The number of benzene rings is 1. The van der Waals surface area contributed by atoms with Gasteiger partial charge in [0.25, 0.3) is 0 Å². The molecule has 6 heteroatoms. The van der Waals surface area contributed by atoms with Crippen molar-refractivity contribution in [3.05, 3.63) is 35.9 Å². The number of rotatable bonds is 5. The van der Waals surface area contributed by atoms with Gasteiger partial charge in [0, 0.05) is 19.0 Å². The van der Waals surface area contributed by atoms with Crippen LogP contribution in [0, 0.1) is 0 Å². The number of aromatic nitrogens is 3. The summed E-state index contributed by atoms with van der Waals surface area (Å²) in [6.45, 7) is 0. The Morgan fingerprint density at radius 2 is 2.11 bits per heavy atom. The highest BCUT2D eigenvalue weighted by molar-refractivity contribution is 5.41. The van der Waals surface area contributed by atoms with E-state index in [1.807, 2.05) is 0 Å². The van der Waals surface area contributed by atoms with Crippen LogP contribution < -0.4 is 9.47 Å². The number of methoxy groups -OCH3 is 2. The Labute approximate surface area is 111 Å². The number of hydrogen-bond donors (Lipinski definition) is 1. The number of hydrogen-bond acceptors (Lipinski definition) is 5. The lowest BCUT2D eigenvalue weighted by molar-refractivity contribution is 0.169. The lowest BCUT2D eigenvalue weighted by Gasteiger charge is -2.15. The summed E-state index contributed by atoms with van der Waals surface area (Å²) in [5.74, 6) is 2.00. The van der Waals surface area contributed by atoms with E-state index in [0.717, 1.165) is 0 Å². The molecule has 0 spiro atoms. The van der Waals surface area contributed by atoms with Crippen molar-refractivity contribution in [2.45, 2.75) is 12.5 Å². The summed E-state index contributed by atoms with van der Waals surface area (Å²) in [6, 6.07) is 5.32. The highest BCUT2D eigenvalue weighted by atomic mass is 16.5. The zero-order valence-corrected chi connectivity index (χ0v) is 11.2. The minimum Gasteiger partial charge on any atom is -0.497 e. The molecule has 1 atom stereocenters. The molecule has 1 unspecified atom stereocenters. The van der Waals surface area contributed by atoms with Crippen LogP contribution in [-0.4, -0.2) is 34.1 Å². The monoisotopic (exact) mass is 263 g/mol. The van der Waals surface area contributed by atoms with E-state index in [-0.39, 0.29) is 0 Å². The first-order valence-corrected chi connectivity index (χ1v) is 5.88. The minimum atomic E-state index is -0.729. The molecular weight excluding hydrogens is 246 g/mol. The molecule has 0 bridgehead atoms. The van der Waals surface area contributed by atoms with Crippen molar-refractivity contribution < 1.29 is 14.6 Å². The molecule has 102 valence electrons. The molecule has 1 heterocycles. The van der Waals surface area contributed by atoms with Crippen LogP contribution in [0.15, 0.2) is 24.5 Å². The van der Waals surface area contributed by atoms with Gasteiger partial charge in [-0.05, 0) is 18.2 Å². The van der Waals surface area contributed by atoms with Crippen molar-refractivity contribution in [3.63, 3.8) is 0 Å². The summed E-state index contributed by atoms with van der Waals surface area (Å²) in [5.41, 5.74) is 0.671. The van der Waals surface area contributed by atoms with Gasteiger partial charge >= 0.3 is 0 Å². The normalized spacial score (nSPS) is 12.2. The average Bonchev–Trinajstić information content (AvgIpc) is 2.83. The third-order valence-corrected chi connectivity index (χ3v) is 2.98. The Morgan fingerprint density at radius 1 is 1.32 bits per heavy atom. The molecule has 2 rings (SSSR count). The summed E-state index contributed by atoms with van der Waals surface area (Å²) in [4.78, 5) is 4.10. The Balaban J connectivity index is 2.26. The number of aliphatic hydroxyl groups excluding tert-OH is 1. The lowest BCUT2D eigenvalue weighted by atomic mass is 10.0. The van der Waals surface area contributed by atoms with Crippen molar-refractivity contribution in [1.82, 2.24) is 14.8 Å². The fraction of sp³-hybridized carbons (Fsp3) is 0.385. The van der Waals surface area contributed by atoms with Crippen molar-refractivity contribution in [2.24, 2.45) is 7.05 Å². The highest BCUT2D eigenvalue weighted by Crippen LogP contribution is 2.30. The van der Waals surface area contributed by atoms with Crippen LogP contribution in [0.4, 0.5) is 0 Å². The van der Waals surface area contributed by atoms with Gasteiger partial charge < -0.3 is 14.6 Å². The molecule has 0 aliphatic heterocycles. The molecule has 1 N–H and O–H groups in total. The van der Waals surface area contributed by atoms with E-state index in [9.17, 15) is 5.11 Å². The lowest BCUT2D eigenvalue weighted by Crippen LogP contribution is -2.09. The third kappa shape index (κ3) is 2.85. The van der Waals surface area contributed by atoms with Gasteiger partial charge in [-0.1, -0.05) is 0 Å². The fourth-order valence-electron chi connectivity index (χ4n) is 1.89. The molecule has 19 heavy (non-hydrogen) atoms. The van der Waals surface area contributed by atoms with Crippen LogP contribution in [0.2, 0.25) is 0 Å². The Kier molecular flexibility index (Phi) is 4.01. The van der Waals surface area contributed by atoms with Gasteiger partial charge in [0.1, 0.15) is 23.7 Å². The average molecular weight is 263 g/mol. The van der Waals surface area contributed by atoms with E-state index in [2.05, 4.69) is 10.1 Å². The maximum absolute atomic E-state index is 10.3. The van der Waals surface area contributed by atoms with Crippen LogP contribution in [0.3, 0.4) is 0 Å². The molecule has 6 nitrogen and oxygen atoms in total. The standard InChI is InChI=1S/C13H17N3O3/c1-16-13(14-8-15-16)7-11(17)10-6-9(18-2)4-5-12(10)19-3/h4-6,8,11,17H,7H2,1-3H3. The van der Waals surface area contributed by atoms with Crippen LogP contribution in [0.25, 0.3) is 0 Å². The minimum absolute atomic E-state index is 0.361. The summed E-state index contributed by atoms with van der Waals surface area (Å²) in [6.07, 6.45) is 1.10. The molecular formula is C13H17N3O3. The van der Waals surface area contributed by atoms with Crippen molar-refractivity contribution in [1.29, 1.82) is 0 Å². The predicted octanol–water partition coefficient (Wildman–Crippen LogP) is 1.11. The molecule has 0 saturated carbocycles. The molecule has 0 saturated heterocycles. The fourth-order valence-corrected chi connectivity index (χ4v) is 1.89. The molecule has 0 radical (unpaired) electrons. The third-order valence-electron chi connectivity index (χ3n) is 2.98. The van der Waals surface area contributed by atoms with Gasteiger partial charge in [0.05, 0.1) is 20.3 Å². The Bertz CT molecular complexity index is 554. The first-order chi connectivity index (χ1) is 9.15. The SMILES string of the molecule is COc1ccc(OC)c(C(O)Cc2ncnn2C)c1. The molecule has 1 aromatic heterocycles. The van der Waals surface area contributed by atoms with Gasteiger partial charge in [-0.2, -0.15) is 5.10 Å². The molecule has 0 aliphatic carbocycles. The van der Waals surface area contributed by atoms with E-state index in [1.54, 1.807) is 44.1 Å². The molecule has 0 fully saturated rings. The number of aryl methyl sites for hydroxylation is 1. The molecule has 2 aromatic rings. The van der Waals surface area contributed by atoms with Crippen LogP contribution in [0.5, 0.6) is 11.5 Å². The summed E-state index contributed by atoms with van der Waals surface area (Å²) in [7, 11) is 4.94. The zero-order chi connectivity index (χ0) is 13.8. The van der Waals surface area contributed by atoms with Gasteiger partial charge in [0.15, 0.2) is 0 Å². The number of ether oxygens (including phenoxy) is 2. The summed E-state index contributed by atoms with van der Waals surface area (Å²) in [5, 5.41) is 14.3. The topological polar surface area (TPSA) is 69.4 Å².